The predicted molar refractivity (Wildman–Crippen MR) is 60.5 cm³/mol. The van der Waals surface area contributed by atoms with Crippen LogP contribution < -0.4 is 11.1 Å². The number of aromatic nitrogens is 2. The van der Waals surface area contributed by atoms with Gasteiger partial charge in [-0.05, 0) is 12.8 Å². The van der Waals surface area contributed by atoms with E-state index in [1.165, 1.54) is 6.20 Å². The zero-order valence-corrected chi connectivity index (χ0v) is 8.82. The SMILES string of the molecule is Nc1cncc(NCCCCCCO)n1. The molecule has 0 aliphatic heterocycles. The fraction of sp³-hybridized carbons (Fsp3) is 0.600. The van der Waals surface area contributed by atoms with Crippen LogP contribution in [0.2, 0.25) is 0 Å². The minimum absolute atomic E-state index is 0.286. The maximum atomic E-state index is 8.58. The van der Waals surface area contributed by atoms with Gasteiger partial charge in [0.05, 0.1) is 12.4 Å². The first kappa shape index (κ1) is 11.7. The summed E-state index contributed by atoms with van der Waals surface area (Å²) in [5.41, 5.74) is 5.49. The number of nitrogens with one attached hydrogen (secondary N) is 1. The third-order valence-electron chi connectivity index (χ3n) is 2.04. The Balaban J connectivity index is 2.10. The van der Waals surface area contributed by atoms with E-state index in [4.69, 9.17) is 10.8 Å². The molecule has 5 heteroatoms. The van der Waals surface area contributed by atoms with E-state index in [-0.39, 0.29) is 6.61 Å². The van der Waals surface area contributed by atoms with E-state index in [0.29, 0.717) is 5.82 Å². The van der Waals surface area contributed by atoms with Crippen molar-refractivity contribution in [2.45, 2.75) is 25.7 Å². The Morgan fingerprint density at radius 1 is 1.20 bits per heavy atom. The van der Waals surface area contributed by atoms with E-state index in [9.17, 15) is 0 Å². The average molecular weight is 210 g/mol. The summed E-state index contributed by atoms with van der Waals surface area (Å²) in [7, 11) is 0. The molecule has 0 spiro atoms. The first-order valence-electron chi connectivity index (χ1n) is 5.25. The predicted octanol–water partition coefficient (Wildman–Crippen LogP) is 1.02. The molecule has 1 aromatic heterocycles. The van der Waals surface area contributed by atoms with Crippen molar-refractivity contribution in [3.05, 3.63) is 12.4 Å². The molecule has 0 aromatic carbocycles. The second-order valence-corrected chi connectivity index (χ2v) is 3.39. The first-order chi connectivity index (χ1) is 7.33. The summed E-state index contributed by atoms with van der Waals surface area (Å²) in [6.45, 7) is 1.15. The summed E-state index contributed by atoms with van der Waals surface area (Å²) in [5, 5.41) is 11.7. The summed E-state index contributed by atoms with van der Waals surface area (Å²) in [5.74, 6) is 1.15. The van der Waals surface area contributed by atoms with Crippen LogP contribution >= 0.6 is 0 Å². The largest absolute Gasteiger partial charge is 0.396 e. The summed E-state index contributed by atoms with van der Waals surface area (Å²) in [6.07, 6.45) is 7.31. The van der Waals surface area contributed by atoms with Gasteiger partial charge in [0.1, 0.15) is 11.6 Å². The molecule has 0 aliphatic carbocycles. The van der Waals surface area contributed by atoms with E-state index in [1.807, 2.05) is 0 Å². The molecule has 5 nitrogen and oxygen atoms in total. The van der Waals surface area contributed by atoms with Crippen LogP contribution in [0.4, 0.5) is 11.6 Å². The van der Waals surface area contributed by atoms with Crippen molar-refractivity contribution < 1.29 is 5.11 Å². The molecule has 1 aromatic rings. The molecule has 1 heterocycles. The van der Waals surface area contributed by atoms with Crippen molar-refractivity contribution in [3.8, 4) is 0 Å². The van der Waals surface area contributed by atoms with Crippen LogP contribution in [0.15, 0.2) is 12.4 Å². The summed E-state index contributed by atoms with van der Waals surface area (Å²) >= 11 is 0. The highest BCUT2D eigenvalue weighted by Crippen LogP contribution is 2.04. The lowest BCUT2D eigenvalue weighted by Crippen LogP contribution is -2.05. The minimum Gasteiger partial charge on any atom is -0.396 e. The molecule has 0 unspecified atom stereocenters. The molecule has 0 bridgehead atoms. The van der Waals surface area contributed by atoms with Crippen molar-refractivity contribution >= 4 is 11.6 Å². The highest BCUT2D eigenvalue weighted by atomic mass is 16.2. The average Bonchev–Trinajstić information content (AvgIpc) is 2.23. The maximum absolute atomic E-state index is 8.58. The van der Waals surface area contributed by atoms with Gasteiger partial charge in [0, 0.05) is 13.2 Å². The van der Waals surface area contributed by atoms with Crippen LogP contribution in [0.3, 0.4) is 0 Å². The molecule has 84 valence electrons. The van der Waals surface area contributed by atoms with Gasteiger partial charge in [-0.2, -0.15) is 0 Å². The molecule has 1 rings (SSSR count). The molecule has 0 fully saturated rings. The Morgan fingerprint density at radius 3 is 2.73 bits per heavy atom. The van der Waals surface area contributed by atoms with Gasteiger partial charge >= 0.3 is 0 Å². The fourth-order valence-corrected chi connectivity index (χ4v) is 1.27. The van der Waals surface area contributed by atoms with Gasteiger partial charge in [-0.25, -0.2) is 4.98 Å². The third kappa shape index (κ3) is 5.17. The molecule has 15 heavy (non-hydrogen) atoms. The van der Waals surface area contributed by atoms with Crippen molar-refractivity contribution in [2.75, 3.05) is 24.2 Å². The van der Waals surface area contributed by atoms with Crippen molar-refractivity contribution in [1.29, 1.82) is 0 Å². The molecule has 4 N–H and O–H groups in total. The van der Waals surface area contributed by atoms with Gasteiger partial charge in [-0.15, -0.1) is 0 Å². The number of aliphatic hydroxyl groups is 1. The topological polar surface area (TPSA) is 84.1 Å². The highest BCUT2D eigenvalue weighted by Gasteiger charge is 1.94. The van der Waals surface area contributed by atoms with Gasteiger partial charge < -0.3 is 16.2 Å². The number of nitrogens with zero attached hydrogens (tertiary/aromatic N) is 2. The number of hydrogen-bond donors (Lipinski definition) is 3. The smallest absolute Gasteiger partial charge is 0.146 e. The Labute approximate surface area is 89.7 Å². The lowest BCUT2D eigenvalue weighted by atomic mass is 10.2. The van der Waals surface area contributed by atoms with Gasteiger partial charge in [0.2, 0.25) is 0 Å². The fourth-order valence-electron chi connectivity index (χ4n) is 1.27. The van der Waals surface area contributed by atoms with Crippen molar-refractivity contribution in [3.63, 3.8) is 0 Å². The molecular formula is C10H18N4O. The van der Waals surface area contributed by atoms with Crippen LogP contribution in [0.5, 0.6) is 0 Å². The zero-order valence-electron chi connectivity index (χ0n) is 8.82. The Kier molecular flexibility index (Phi) is 5.47. The van der Waals surface area contributed by atoms with Crippen LogP contribution in [-0.2, 0) is 0 Å². The standard InChI is InChI=1S/C10H18N4O/c11-9-7-12-8-10(14-9)13-5-3-1-2-4-6-15/h7-8,15H,1-6H2,(H3,11,13,14). The minimum atomic E-state index is 0.286. The van der Waals surface area contributed by atoms with Gasteiger partial charge in [-0.1, -0.05) is 12.8 Å². The number of nitrogens with two attached hydrogens (primary N) is 1. The number of anilines is 2. The summed E-state index contributed by atoms with van der Waals surface area (Å²) in [6, 6.07) is 0. The monoisotopic (exact) mass is 210 g/mol. The van der Waals surface area contributed by atoms with E-state index in [2.05, 4.69) is 15.3 Å². The molecule has 0 saturated heterocycles. The van der Waals surface area contributed by atoms with Crippen molar-refractivity contribution in [1.82, 2.24) is 9.97 Å². The number of aliphatic hydroxyl groups excluding tert-OH is 1. The third-order valence-corrected chi connectivity index (χ3v) is 2.04. The molecule has 0 radical (unpaired) electrons. The quantitative estimate of drug-likeness (QED) is 0.585. The Hall–Kier alpha value is -1.36. The number of rotatable bonds is 7. The van der Waals surface area contributed by atoms with Crippen LogP contribution in [0.25, 0.3) is 0 Å². The highest BCUT2D eigenvalue weighted by molar-refractivity contribution is 5.37. The van der Waals surface area contributed by atoms with Crippen molar-refractivity contribution in [2.24, 2.45) is 0 Å². The lowest BCUT2D eigenvalue weighted by molar-refractivity contribution is 0.283. The number of nitrogen functional groups attached to an aromatic ring is 1. The van der Waals surface area contributed by atoms with Crippen LogP contribution in [0, 0.1) is 0 Å². The Bertz CT molecular complexity index is 280. The van der Waals surface area contributed by atoms with Crippen LogP contribution in [0.1, 0.15) is 25.7 Å². The van der Waals surface area contributed by atoms with Crippen LogP contribution in [-0.4, -0.2) is 28.2 Å². The van der Waals surface area contributed by atoms with Gasteiger partial charge in [0.15, 0.2) is 0 Å². The number of unbranched alkanes of at least 4 members (excludes halogenated alkanes) is 3. The van der Waals surface area contributed by atoms with Gasteiger partial charge in [0.25, 0.3) is 0 Å². The Morgan fingerprint density at radius 2 is 2.00 bits per heavy atom. The second-order valence-electron chi connectivity index (χ2n) is 3.39. The van der Waals surface area contributed by atoms with E-state index >= 15 is 0 Å². The first-order valence-corrected chi connectivity index (χ1v) is 5.25. The summed E-state index contributed by atoms with van der Waals surface area (Å²) in [4.78, 5) is 8.00. The zero-order chi connectivity index (χ0) is 10.9. The molecule has 0 amide bonds. The normalized spacial score (nSPS) is 10.2. The molecule has 0 atom stereocenters. The van der Waals surface area contributed by atoms with E-state index < -0.39 is 0 Å². The summed E-state index contributed by atoms with van der Waals surface area (Å²) < 4.78 is 0. The number of hydrogen-bond acceptors (Lipinski definition) is 5. The maximum Gasteiger partial charge on any atom is 0.146 e. The second kappa shape index (κ2) is 7.00. The molecule has 0 aliphatic rings. The van der Waals surface area contributed by atoms with E-state index in [1.54, 1.807) is 6.20 Å². The van der Waals surface area contributed by atoms with E-state index in [0.717, 1.165) is 38.0 Å². The lowest BCUT2D eigenvalue weighted by Gasteiger charge is -2.04. The van der Waals surface area contributed by atoms with Gasteiger partial charge in [-0.3, -0.25) is 4.98 Å². The molecular weight excluding hydrogens is 192 g/mol. The molecule has 0 saturated carbocycles.